The molecule has 0 aliphatic heterocycles. The van der Waals surface area contributed by atoms with Crippen LogP contribution in [0.3, 0.4) is 0 Å². The van der Waals surface area contributed by atoms with Gasteiger partial charge >= 0.3 is 6.03 Å². The molecule has 0 saturated heterocycles. The highest BCUT2D eigenvalue weighted by Gasteiger charge is 2.33. The van der Waals surface area contributed by atoms with Gasteiger partial charge in [-0.15, -0.1) is 0 Å². The van der Waals surface area contributed by atoms with E-state index >= 15 is 0 Å². The molecule has 1 aromatic carbocycles. The third kappa shape index (κ3) is 5.44. The molecule has 0 aromatic heterocycles. The maximum Gasteiger partial charge on any atom is 0.317 e. The van der Waals surface area contributed by atoms with E-state index in [0.29, 0.717) is 12.1 Å². The highest BCUT2D eigenvalue weighted by molar-refractivity contribution is 5.78. The first kappa shape index (κ1) is 18.7. The van der Waals surface area contributed by atoms with Crippen molar-refractivity contribution in [1.29, 1.82) is 0 Å². The summed E-state index contributed by atoms with van der Waals surface area (Å²) in [5.74, 6) is -0.304. The normalized spacial score (nSPS) is 17.6. The lowest BCUT2D eigenvalue weighted by atomic mass is 9.95. The van der Waals surface area contributed by atoms with Gasteiger partial charge in [-0.1, -0.05) is 37.5 Å². The molecule has 3 amide bonds. The summed E-state index contributed by atoms with van der Waals surface area (Å²) < 4.78 is 13.9. The minimum atomic E-state index is -0.294. The van der Waals surface area contributed by atoms with Crippen molar-refractivity contribution in [2.45, 2.75) is 70.0 Å². The molecule has 2 N–H and O–H groups in total. The minimum Gasteiger partial charge on any atom is -0.353 e. The summed E-state index contributed by atoms with van der Waals surface area (Å²) in [4.78, 5) is 26.2. The number of nitrogens with one attached hydrogen (secondary N) is 2. The molecule has 0 bridgehead atoms. The van der Waals surface area contributed by atoms with Crippen LogP contribution in [-0.4, -0.2) is 35.5 Å². The Bertz CT molecular complexity index is 627. The molecule has 6 heteroatoms. The zero-order valence-corrected chi connectivity index (χ0v) is 15.2. The molecule has 5 nitrogen and oxygen atoms in total. The largest absolute Gasteiger partial charge is 0.353 e. The highest BCUT2D eigenvalue weighted by Crippen LogP contribution is 2.28. The second-order valence-corrected chi connectivity index (χ2v) is 7.33. The number of halogens is 1. The van der Waals surface area contributed by atoms with Crippen molar-refractivity contribution < 1.29 is 14.0 Å². The Balaban J connectivity index is 1.43. The van der Waals surface area contributed by atoms with Crippen LogP contribution < -0.4 is 10.6 Å². The molecule has 26 heavy (non-hydrogen) atoms. The maximum absolute atomic E-state index is 13.9. The first-order chi connectivity index (χ1) is 12.6. The lowest BCUT2D eigenvalue weighted by Crippen LogP contribution is -2.43. The van der Waals surface area contributed by atoms with E-state index in [0.717, 1.165) is 25.7 Å². The molecule has 0 spiro atoms. The number of urea groups is 1. The van der Waals surface area contributed by atoms with Crippen LogP contribution in [0.5, 0.6) is 0 Å². The van der Waals surface area contributed by atoms with Gasteiger partial charge in [-0.25, -0.2) is 9.18 Å². The number of hydrogen-bond donors (Lipinski definition) is 2. The van der Waals surface area contributed by atoms with E-state index in [9.17, 15) is 14.0 Å². The quantitative estimate of drug-likeness (QED) is 0.782. The zero-order chi connectivity index (χ0) is 18.4. The summed E-state index contributed by atoms with van der Waals surface area (Å²) >= 11 is 0. The Morgan fingerprint density at radius 1 is 1.08 bits per heavy atom. The van der Waals surface area contributed by atoms with E-state index in [4.69, 9.17) is 0 Å². The van der Waals surface area contributed by atoms with Crippen molar-refractivity contribution in [3.05, 3.63) is 35.6 Å². The van der Waals surface area contributed by atoms with Crippen molar-refractivity contribution in [2.75, 3.05) is 6.54 Å². The number of rotatable bonds is 7. The molecule has 0 heterocycles. The van der Waals surface area contributed by atoms with Crippen molar-refractivity contribution in [2.24, 2.45) is 0 Å². The van der Waals surface area contributed by atoms with Crippen LogP contribution in [0.4, 0.5) is 9.18 Å². The Morgan fingerprint density at radius 2 is 1.81 bits per heavy atom. The average Bonchev–Trinajstić information content (AvgIpc) is 3.46. The molecule has 2 fully saturated rings. The van der Waals surface area contributed by atoms with Gasteiger partial charge in [0.05, 0.1) is 6.54 Å². The number of nitrogens with zero attached hydrogens (tertiary/aromatic N) is 1. The second-order valence-electron chi connectivity index (χ2n) is 7.33. The van der Waals surface area contributed by atoms with Crippen LogP contribution in [0.1, 0.15) is 56.9 Å². The maximum atomic E-state index is 13.9. The molecule has 0 unspecified atom stereocenters. The van der Waals surface area contributed by atoms with E-state index < -0.39 is 0 Å². The van der Waals surface area contributed by atoms with Crippen LogP contribution in [0, 0.1) is 5.82 Å². The number of benzene rings is 1. The monoisotopic (exact) mass is 361 g/mol. The van der Waals surface area contributed by atoms with Crippen LogP contribution >= 0.6 is 0 Å². The number of hydrogen-bond acceptors (Lipinski definition) is 2. The average molecular weight is 361 g/mol. The van der Waals surface area contributed by atoms with Gasteiger partial charge in [-0.2, -0.15) is 0 Å². The van der Waals surface area contributed by atoms with E-state index in [1.54, 1.807) is 23.1 Å². The van der Waals surface area contributed by atoms with E-state index in [2.05, 4.69) is 10.6 Å². The summed E-state index contributed by atoms with van der Waals surface area (Å²) in [5.41, 5.74) is 0.518. The summed E-state index contributed by atoms with van der Waals surface area (Å²) in [6.45, 7) is 0.565. The zero-order valence-electron chi connectivity index (χ0n) is 15.2. The molecule has 3 rings (SSSR count). The minimum absolute atomic E-state index is 0.00993. The third-order valence-electron chi connectivity index (χ3n) is 5.15. The molecule has 2 aliphatic rings. The molecule has 0 radical (unpaired) electrons. The van der Waals surface area contributed by atoms with Crippen molar-refractivity contribution in [3.63, 3.8) is 0 Å². The van der Waals surface area contributed by atoms with Crippen LogP contribution in [0.2, 0.25) is 0 Å². The van der Waals surface area contributed by atoms with Gasteiger partial charge in [0.2, 0.25) is 5.91 Å². The molecule has 2 saturated carbocycles. The van der Waals surface area contributed by atoms with Gasteiger partial charge < -0.3 is 15.5 Å². The van der Waals surface area contributed by atoms with Crippen LogP contribution in [0.25, 0.3) is 0 Å². The van der Waals surface area contributed by atoms with Crippen molar-refractivity contribution >= 4 is 11.9 Å². The van der Waals surface area contributed by atoms with Crippen molar-refractivity contribution in [1.82, 2.24) is 15.5 Å². The van der Waals surface area contributed by atoms with Crippen LogP contribution in [0.15, 0.2) is 24.3 Å². The summed E-state index contributed by atoms with van der Waals surface area (Å²) in [6, 6.07) is 6.77. The van der Waals surface area contributed by atoms with Gasteiger partial charge in [-0.05, 0) is 31.7 Å². The topological polar surface area (TPSA) is 61.4 Å². The molecule has 2 aliphatic carbocycles. The predicted molar refractivity (Wildman–Crippen MR) is 98.0 cm³/mol. The van der Waals surface area contributed by atoms with E-state index in [1.165, 1.54) is 25.3 Å². The first-order valence-corrected chi connectivity index (χ1v) is 9.70. The SMILES string of the molecule is O=C(CCNC(=O)N(Cc1ccccc1F)C1CC1)NC1CCCCC1. The van der Waals surface area contributed by atoms with Crippen LogP contribution in [-0.2, 0) is 11.3 Å². The van der Waals surface area contributed by atoms with Gasteiger partial charge in [0.15, 0.2) is 0 Å². The van der Waals surface area contributed by atoms with Gasteiger partial charge in [0.1, 0.15) is 5.82 Å². The Kier molecular flexibility index (Phi) is 6.47. The summed E-state index contributed by atoms with van der Waals surface area (Å²) in [5, 5.41) is 5.87. The Labute approximate surface area is 154 Å². The van der Waals surface area contributed by atoms with Gasteiger partial charge in [0.25, 0.3) is 0 Å². The molecule has 0 atom stereocenters. The summed E-state index contributed by atoms with van der Waals surface area (Å²) in [6.07, 6.45) is 7.88. The Morgan fingerprint density at radius 3 is 2.50 bits per heavy atom. The van der Waals surface area contributed by atoms with Gasteiger partial charge in [0, 0.05) is 30.6 Å². The molecule has 1 aromatic rings. The molecular formula is C20H28FN3O2. The lowest BCUT2D eigenvalue weighted by molar-refractivity contribution is -0.121. The van der Waals surface area contributed by atoms with Crippen molar-refractivity contribution in [3.8, 4) is 0 Å². The first-order valence-electron chi connectivity index (χ1n) is 9.70. The Hall–Kier alpha value is -2.11. The number of carbonyl (C=O) groups is 2. The number of amides is 3. The van der Waals surface area contributed by atoms with E-state index in [1.807, 2.05) is 0 Å². The second kappa shape index (κ2) is 9.01. The van der Waals surface area contributed by atoms with Gasteiger partial charge in [-0.3, -0.25) is 4.79 Å². The van der Waals surface area contributed by atoms with E-state index in [-0.39, 0.29) is 42.8 Å². The summed E-state index contributed by atoms with van der Waals surface area (Å²) in [7, 11) is 0. The molecular weight excluding hydrogens is 333 g/mol. The highest BCUT2D eigenvalue weighted by atomic mass is 19.1. The lowest BCUT2D eigenvalue weighted by Gasteiger charge is -2.24. The smallest absolute Gasteiger partial charge is 0.317 e. The third-order valence-corrected chi connectivity index (χ3v) is 5.15. The fourth-order valence-electron chi connectivity index (χ4n) is 3.49. The standard InChI is InChI=1S/C20H28FN3O2/c21-18-9-5-4-6-15(18)14-24(17-10-11-17)20(26)22-13-12-19(25)23-16-7-2-1-3-8-16/h4-6,9,16-17H,1-3,7-8,10-14H2,(H,22,26)(H,23,25). The fourth-order valence-corrected chi connectivity index (χ4v) is 3.49. The number of carbonyl (C=O) groups excluding carboxylic acids is 2. The fraction of sp³-hybridized carbons (Fsp3) is 0.600. The predicted octanol–water partition coefficient (Wildman–Crippen LogP) is 3.34. The molecule has 142 valence electrons.